The predicted molar refractivity (Wildman–Crippen MR) is 62.8 cm³/mol. The van der Waals surface area contributed by atoms with E-state index in [2.05, 4.69) is 19.5 Å². The summed E-state index contributed by atoms with van der Waals surface area (Å²) < 4.78 is 32.4. The first kappa shape index (κ1) is 12.6. The third-order valence-electron chi connectivity index (χ3n) is 2.30. The minimum absolute atomic E-state index is 0.0236. The van der Waals surface area contributed by atoms with Gasteiger partial charge in [0.05, 0.1) is 12.2 Å². The summed E-state index contributed by atoms with van der Waals surface area (Å²) in [5.74, 6) is -0.0236. The first-order chi connectivity index (χ1) is 8.53. The van der Waals surface area contributed by atoms with E-state index < -0.39 is 10.0 Å². The molecule has 2 heterocycles. The van der Waals surface area contributed by atoms with Crippen molar-refractivity contribution < 1.29 is 12.9 Å². The Morgan fingerprint density at radius 1 is 1.56 bits per heavy atom. The van der Waals surface area contributed by atoms with Crippen LogP contribution in [0.1, 0.15) is 12.6 Å². The second-order valence-electron chi connectivity index (χ2n) is 3.55. The van der Waals surface area contributed by atoms with E-state index in [1.807, 2.05) is 6.92 Å². The Bertz CT molecular complexity index is 617. The van der Waals surface area contributed by atoms with Gasteiger partial charge in [0.2, 0.25) is 10.0 Å². The molecule has 0 radical (unpaired) electrons. The molecule has 8 nitrogen and oxygen atoms in total. The highest BCUT2D eigenvalue weighted by Gasteiger charge is 2.20. The normalized spacial score (nSPS) is 11.8. The lowest BCUT2D eigenvalue weighted by Gasteiger charge is -2.02. The molecule has 0 aliphatic rings. The number of hydrogen-bond donors (Lipinski definition) is 2. The van der Waals surface area contributed by atoms with Gasteiger partial charge < -0.3 is 10.3 Å². The van der Waals surface area contributed by atoms with Gasteiger partial charge in [0.25, 0.3) is 0 Å². The molecule has 3 N–H and O–H groups in total. The number of nitrogens with zero attached hydrogens (tertiary/aromatic N) is 3. The van der Waals surface area contributed by atoms with Crippen LogP contribution in [-0.2, 0) is 23.1 Å². The molecular weight excluding hydrogens is 258 g/mol. The lowest BCUT2D eigenvalue weighted by Crippen LogP contribution is -2.23. The van der Waals surface area contributed by atoms with Crippen LogP contribution >= 0.6 is 0 Å². The summed E-state index contributed by atoms with van der Waals surface area (Å²) in [6.45, 7) is 2.42. The van der Waals surface area contributed by atoms with Crippen molar-refractivity contribution in [1.29, 1.82) is 0 Å². The van der Waals surface area contributed by atoms with E-state index in [9.17, 15) is 8.42 Å². The maximum absolute atomic E-state index is 12.0. The van der Waals surface area contributed by atoms with E-state index in [0.29, 0.717) is 12.2 Å². The number of nitrogens with one attached hydrogen (secondary N) is 1. The number of nitrogen functional groups attached to an aromatic ring is 1. The minimum atomic E-state index is -3.70. The molecular formula is C9H13N5O3S. The molecule has 2 rings (SSSR count). The monoisotopic (exact) mass is 271 g/mol. The maximum atomic E-state index is 12.0. The molecule has 0 aliphatic heterocycles. The van der Waals surface area contributed by atoms with Gasteiger partial charge in [-0.15, -0.1) is 0 Å². The summed E-state index contributed by atoms with van der Waals surface area (Å²) in [4.78, 5) is -0.0344. The van der Waals surface area contributed by atoms with Crippen molar-refractivity contribution in [2.45, 2.75) is 24.9 Å². The van der Waals surface area contributed by atoms with Gasteiger partial charge in [-0.05, 0) is 6.92 Å². The van der Waals surface area contributed by atoms with Crippen molar-refractivity contribution in [2.75, 3.05) is 5.73 Å². The Morgan fingerprint density at radius 2 is 2.33 bits per heavy atom. The number of hydrogen-bond acceptors (Lipinski definition) is 6. The van der Waals surface area contributed by atoms with Gasteiger partial charge in [0.15, 0.2) is 5.82 Å². The van der Waals surface area contributed by atoms with Crippen molar-refractivity contribution in [2.24, 2.45) is 0 Å². The molecule has 0 saturated heterocycles. The van der Waals surface area contributed by atoms with Crippen LogP contribution in [0.4, 0.5) is 5.82 Å². The average molecular weight is 271 g/mol. The minimum Gasteiger partial charge on any atom is -0.381 e. The van der Waals surface area contributed by atoms with Crippen molar-refractivity contribution in [3.8, 4) is 0 Å². The van der Waals surface area contributed by atoms with Crippen LogP contribution in [0.15, 0.2) is 27.9 Å². The van der Waals surface area contributed by atoms with E-state index in [4.69, 9.17) is 5.73 Å². The van der Waals surface area contributed by atoms with E-state index in [0.717, 1.165) is 0 Å². The molecule has 18 heavy (non-hydrogen) atoms. The van der Waals surface area contributed by atoms with Gasteiger partial charge in [0.1, 0.15) is 11.2 Å². The fourth-order valence-corrected chi connectivity index (χ4v) is 2.43. The zero-order valence-corrected chi connectivity index (χ0v) is 10.5. The molecule has 2 aromatic rings. The first-order valence-corrected chi connectivity index (χ1v) is 6.73. The molecule has 0 amide bonds. The summed E-state index contributed by atoms with van der Waals surface area (Å²) in [5, 5.41) is 7.48. The zero-order valence-electron chi connectivity index (χ0n) is 9.70. The largest absolute Gasteiger partial charge is 0.381 e. The van der Waals surface area contributed by atoms with Crippen molar-refractivity contribution >= 4 is 15.8 Å². The van der Waals surface area contributed by atoms with Crippen LogP contribution in [-0.4, -0.2) is 23.4 Å². The van der Waals surface area contributed by atoms with Gasteiger partial charge in [0, 0.05) is 18.8 Å². The Hall–Kier alpha value is -1.87. The summed E-state index contributed by atoms with van der Waals surface area (Å²) in [6, 6.07) is 1.57. The predicted octanol–water partition coefficient (Wildman–Crippen LogP) is -0.0483. The van der Waals surface area contributed by atoms with Crippen LogP contribution in [0.25, 0.3) is 0 Å². The molecule has 98 valence electrons. The van der Waals surface area contributed by atoms with Gasteiger partial charge in [-0.2, -0.15) is 5.10 Å². The van der Waals surface area contributed by atoms with E-state index >= 15 is 0 Å². The second-order valence-corrected chi connectivity index (χ2v) is 5.28. The molecule has 9 heteroatoms. The second kappa shape index (κ2) is 4.78. The number of aryl methyl sites for hydroxylation is 1. The lowest BCUT2D eigenvalue weighted by molar-refractivity contribution is 0.411. The smallest absolute Gasteiger partial charge is 0.246 e. The molecule has 0 aliphatic carbocycles. The Balaban J connectivity index is 2.17. The van der Waals surface area contributed by atoms with Crippen LogP contribution in [0.3, 0.4) is 0 Å². The van der Waals surface area contributed by atoms with Crippen molar-refractivity contribution in [3.63, 3.8) is 0 Å². The van der Waals surface area contributed by atoms with E-state index in [-0.39, 0.29) is 17.3 Å². The number of rotatable bonds is 5. The van der Waals surface area contributed by atoms with Gasteiger partial charge in [-0.1, -0.05) is 5.16 Å². The lowest BCUT2D eigenvalue weighted by atomic mass is 10.5. The number of sulfonamides is 1. The van der Waals surface area contributed by atoms with E-state index in [1.165, 1.54) is 17.1 Å². The fraction of sp³-hybridized carbons (Fsp3) is 0.333. The standard InChI is InChI=1S/C9H13N5O3S/c1-2-14-6-8(9(10)12-14)18(15,16)11-5-7-3-4-17-13-7/h3-4,6,11H,2,5H2,1H3,(H2,10,12). The molecule has 0 fully saturated rings. The van der Waals surface area contributed by atoms with Crippen molar-refractivity contribution in [3.05, 3.63) is 24.2 Å². The van der Waals surface area contributed by atoms with Gasteiger partial charge in [-0.3, -0.25) is 4.68 Å². The van der Waals surface area contributed by atoms with Gasteiger partial charge in [-0.25, -0.2) is 13.1 Å². The molecule has 0 unspecified atom stereocenters. The molecule has 0 atom stereocenters. The van der Waals surface area contributed by atoms with Crippen molar-refractivity contribution in [1.82, 2.24) is 19.7 Å². The Labute approximate surface area is 104 Å². The average Bonchev–Trinajstić information content (AvgIpc) is 2.95. The maximum Gasteiger partial charge on any atom is 0.246 e. The highest BCUT2D eigenvalue weighted by molar-refractivity contribution is 7.89. The van der Waals surface area contributed by atoms with Crippen LogP contribution < -0.4 is 10.5 Å². The first-order valence-electron chi connectivity index (χ1n) is 5.25. The molecule has 0 spiro atoms. The summed E-state index contributed by atoms with van der Waals surface area (Å²) in [5.41, 5.74) is 6.05. The Kier molecular flexibility index (Phi) is 3.34. The van der Waals surface area contributed by atoms with Gasteiger partial charge >= 0.3 is 0 Å². The van der Waals surface area contributed by atoms with Crippen LogP contribution in [0.2, 0.25) is 0 Å². The zero-order chi connectivity index (χ0) is 13.2. The quantitative estimate of drug-likeness (QED) is 0.787. The van der Waals surface area contributed by atoms with Crippen LogP contribution in [0, 0.1) is 0 Å². The summed E-state index contributed by atoms with van der Waals surface area (Å²) in [7, 11) is -3.70. The third-order valence-corrected chi connectivity index (χ3v) is 3.72. The number of aromatic nitrogens is 3. The van der Waals surface area contributed by atoms with Crippen LogP contribution in [0.5, 0.6) is 0 Å². The fourth-order valence-electron chi connectivity index (χ4n) is 1.36. The summed E-state index contributed by atoms with van der Waals surface area (Å²) >= 11 is 0. The van der Waals surface area contributed by atoms with E-state index in [1.54, 1.807) is 6.07 Å². The SMILES string of the molecule is CCn1cc(S(=O)(=O)NCc2ccon2)c(N)n1. The molecule has 0 saturated carbocycles. The number of anilines is 1. The summed E-state index contributed by atoms with van der Waals surface area (Å²) in [6.07, 6.45) is 2.76. The highest BCUT2D eigenvalue weighted by atomic mass is 32.2. The number of nitrogens with two attached hydrogens (primary N) is 1. The topological polar surface area (TPSA) is 116 Å². The molecule has 0 bridgehead atoms. The Morgan fingerprint density at radius 3 is 2.89 bits per heavy atom. The molecule has 2 aromatic heterocycles. The highest BCUT2D eigenvalue weighted by Crippen LogP contribution is 2.16. The molecule has 0 aromatic carbocycles. The third kappa shape index (κ3) is 2.51.